The number of hydrogen-bond acceptors (Lipinski definition) is 3. The van der Waals surface area contributed by atoms with Gasteiger partial charge in [0.1, 0.15) is 0 Å². The Labute approximate surface area is 150 Å². The van der Waals surface area contributed by atoms with E-state index in [0.29, 0.717) is 23.8 Å². The van der Waals surface area contributed by atoms with Crippen molar-refractivity contribution in [3.63, 3.8) is 0 Å². The van der Waals surface area contributed by atoms with Crippen molar-refractivity contribution < 1.29 is 9.59 Å². The van der Waals surface area contributed by atoms with Crippen molar-refractivity contribution in [1.29, 1.82) is 0 Å². The maximum Gasteiger partial charge on any atom is 0.223 e. The Balaban J connectivity index is 2.65. The van der Waals surface area contributed by atoms with E-state index in [1.54, 1.807) is 4.90 Å². The Bertz CT molecular complexity index is 565. The van der Waals surface area contributed by atoms with E-state index in [0.717, 1.165) is 24.1 Å². The van der Waals surface area contributed by atoms with Gasteiger partial charge in [-0.2, -0.15) is 0 Å². The molecule has 134 valence electrons. The molecule has 0 unspecified atom stereocenters. The molecule has 1 aromatic carbocycles. The molecule has 1 N–H and O–H groups in total. The average molecular weight is 354 g/mol. The molecule has 0 atom stereocenters. The summed E-state index contributed by atoms with van der Waals surface area (Å²) in [5.74, 6) is -0.176. The van der Waals surface area contributed by atoms with Crippen LogP contribution in [0.4, 0.5) is 5.69 Å². The Hall–Kier alpha value is -1.59. The molecule has 0 aromatic heterocycles. The number of anilines is 1. The summed E-state index contributed by atoms with van der Waals surface area (Å²) in [5.41, 5.74) is 2.67. The van der Waals surface area contributed by atoms with Crippen LogP contribution in [0.15, 0.2) is 12.1 Å². The summed E-state index contributed by atoms with van der Waals surface area (Å²) in [4.78, 5) is 27.6. The normalized spacial score (nSPS) is 10.8. The van der Waals surface area contributed by atoms with Crippen LogP contribution in [0.1, 0.15) is 30.9 Å². The van der Waals surface area contributed by atoms with Crippen LogP contribution in [0.2, 0.25) is 5.02 Å². The highest BCUT2D eigenvalue weighted by Gasteiger charge is 2.18. The molecular formula is C18H28ClN3O2. The number of halogens is 1. The van der Waals surface area contributed by atoms with Crippen molar-refractivity contribution in [1.82, 2.24) is 10.2 Å². The fourth-order valence-corrected chi connectivity index (χ4v) is 3.02. The standard InChI is InChI=1S/C18H28ClN3O2/c1-13-11-14(2)18(16(19)12-13)22(15(3)23)10-7-17(24)20-8-6-9-21(4)5/h11-12H,6-10H2,1-5H3,(H,20,24). The third kappa shape index (κ3) is 6.49. The van der Waals surface area contributed by atoms with Crippen molar-refractivity contribution >= 4 is 29.1 Å². The van der Waals surface area contributed by atoms with Crippen LogP contribution in [-0.4, -0.2) is 50.4 Å². The van der Waals surface area contributed by atoms with Crippen LogP contribution in [0.3, 0.4) is 0 Å². The predicted octanol–water partition coefficient (Wildman–Crippen LogP) is 2.77. The van der Waals surface area contributed by atoms with Gasteiger partial charge in [-0.25, -0.2) is 0 Å². The summed E-state index contributed by atoms with van der Waals surface area (Å²) in [6, 6.07) is 3.82. The molecule has 6 heteroatoms. The summed E-state index contributed by atoms with van der Waals surface area (Å²) in [6.45, 7) is 7.26. The third-order valence-corrected chi connectivity index (χ3v) is 4.00. The quantitative estimate of drug-likeness (QED) is 0.731. The Morgan fingerprint density at radius 2 is 1.83 bits per heavy atom. The second kappa shape index (κ2) is 9.64. The van der Waals surface area contributed by atoms with E-state index in [-0.39, 0.29) is 18.2 Å². The molecule has 0 saturated heterocycles. The maximum atomic E-state index is 12.0. The lowest BCUT2D eigenvalue weighted by Crippen LogP contribution is -2.35. The lowest BCUT2D eigenvalue weighted by Gasteiger charge is -2.24. The van der Waals surface area contributed by atoms with Gasteiger partial charge in [0.2, 0.25) is 11.8 Å². The van der Waals surface area contributed by atoms with Crippen molar-refractivity contribution in [3.05, 3.63) is 28.3 Å². The lowest BCUT2D eigenvalue weighted by molar-refractivity contribution is -0.121. The smallest absolute Gasteiger partial charge is 0.223 e. The highest BCUT2D eigenvalue weighted by Crippen LogP contribution is 2.31. The second-order valence-corrected chi connectivity index (χ2v) is 6.75. The first-order valence-electron chi connectivity index (χ1n) is 8.18. The molecule has 0 aliphatic rings. The van der Waals surface area contributed by atoms with Crippen LogP contribution >= 0.6 is 11.6 Å². The SMILES string of the molecule is CC(=O)N(CCC(=O)NCCCN(C)C)c1c(C)cc(C)cc1Cl. The van der Waals surface area contributed by atoms with Crippen LogP contribution < -0.4 is 10.2 Å². The van der Waals surface area contributed by atoms with Crippen molar-refractivity contribution in [2.24, 2.45) is 0 Å². The molecule has 0 spiro atoms. The highest BCUT2D eigenvalue weighted by atomic mass is 35.5. The monoisotopic (exact) mass is 353 g/mol. The zero-order valence-electron chi connectivity index (χ0n) is 15.3. The molecule has 2 amide bonds. The summed E-state index contributed by atoms with van der Waals surface area (Å²) in [6.07, 6.45) is 1.16. The second-order valence-electron chi connectivity index (χ2n) is 6.34. The number of nitrogens with zero attached hydrogens (tertiary/aromatic N) is 2. The molecule has 0 heterocycles. The van der Waals surface area contributed by atoms with E-state index in [2.05, 4.69) is 10.2 Å². The third-order valence-electron chi connectivity index (χ3n) is 3.72. The molecule has 0 aliphatic heterocycles. The van der Waals surface area contributed by atoms with Crippen molar-refractivity contribution in [2.45, 2.75) is 33.6 Å². The Kier molecular flexibility index (Phi) is 8.22. The topological polar surface area (TPSA) is 52.7 Å². The minimum absolute atomic E-state index is 0.0547. The number of benzene rings is 1. The van der Waals surface area contributed by atoms with E-state index in [9.17, 15) is 9.59 Å². The Morgan fingerprint density at radius 1 is 1.17 bits per heavy atom. The van der Waals surface area contributed by atoms with Gasteiger partial charge in [-0.15, -0.1) is 0 Å². The number of aryl methyl sites for hydroxylation is 2. The predicted molar refractivity (Wildman–Crippen MR) is 99.8 cm³/mol. The van der Waals surface area contributed by atoms with Crippen LogP contribution in [0, 0.1) is 13.8 Å². The first-order chi connectivity index (χ1) is 11.2. The number of nitrogens with one attached hydrogen (secondary N) is 1. The number of carbonyl (C=O) groups is 2. The molecule has 0 saturated carbocycles. The zero-order valence-corrected chi connectivity index (χ0v) is 16.0. The molecular weight excluding hydrogens is 326 g/mol. The maximum absolute atomic E-state index is 12.0. The van der Waals surface area contributed by atoms with Crippen molar-refractivity contribution in [3.8, 4) is 0 Å². The fraction of sp³-hybridized carbons (Fsp3) is 0.556. The zero-order chi connectivity index (χ0) is 18.3. The first kappa shape index (κ1) is 20.5. The molecule has 0 bridgehead atoms. The molecule has 1 aromatic rings. The van der Waals surface area contributed by atoms with Gasteiger partial charge in [0, 0.05) is 26.4 Å². The summed E-state index contributed by atoms with van der Waals surface area (Å²) in [7, 11) is 4.00. The van der Waals surface area contributed by atoms with Crippen molar-refractivity contribution in [2.75, 3.05) is 38.6 Å². The van der Waals surface area contributed by atoms with E-state index in [1.807, 2.05) is 40.1 Å². The largest absolute Gasteiger partial charge is 0.356 e. The van der Waals surface area contributed by atoms with Gasteiger partial charge in [-0.05, 0) is 58.1 Å². The molecule has 0 radical (unpaired) electrons. The van der Waals surface area contributed by atoms with E-state index >= 15 is 0 Å². The molecule has 0 aliphatic carbocycles. The molecule has 5 nitrogen and oxygen atoms in total. The van der Waals surface area contributed by atoms with Gasteiger partial charge in [0.05, 0.1) is 10.7 Å². The number of hydrogen-bond donors (Lipinski definition) is 1. The molecule has 1 rings (SSSR count). The molecule has 24 heavy (non-hydrogen) atoms. The minimum Gasteiger partial charge on any atom is -0.356 e. The summed E-state index contributed by atoms with van der Waals surface area (Å²) >= 11 is 6.32. The average Bonchev–Trinajstić information content (AvgIpc) is 2.45. The lowest BCUT2D eigenvalue weighted by atomic mass is 10.1. The number of amides is 2. The van der Waals surface area contributed by atoms with E-state index in [1.165, 1.54) is 6.92 Å². The van der Waals surface area contributed by atoms with Gasteiger partial charge in [0.25, 0.3) is 0 Å². The van der Waals surface area contributed by atoms with Crippen LogP contribution in [-0.2, 0) is 9.59 Å². The van der Waals surface area contributed by atoms with Gasteiger partial charge in [-0.1, -0.05) is 17.7 Å². The minimum atomic E-state index is -0.121. The first-order valence-corrected chi connectivity index (χ1v) is 8.56. The molecule has 0 fully saturated rings. The Morgan fingerprint density at radius 3 is 2.38 bits per heavy atom. The number of rotatable bonds is 8. The fourth-order valence-electron chi connectivity index (χ4n) is 2.60. The summed E-state index contributed by atoms with van der Waals surface area (Å²) < 4.78 is 0. The van der Waals surface area contributed by atoms with Crippen LogP contribution in [0.5, 0.6) is 0 Å². The van der Waals surface area contributed by atoms with E-state index < -0.39 is 0 Å². The van der Waals surface area contributed by atoms with Crippen LogP contribution in [0.25, 0.3) is 0 Å². The summed E-state index contributed by atoms with van der Waals surface area (Å²) in [5, 5.41) is 3.42. The highest BCUT2D eigenvalue weighted by molar-refractivity contribution is 6.34. The van der Waals surface area contributed by atoms with Gasteiger partial charge >= 0.3 is 0 Å². The van der Waals surface area contributed by atoms with Gasteiger partial charge < -0.3 is 15.1 Å². The van der Waals surface area contributed by atoms with Gasteiger partial charge in [-0.3, -0.25) is 9.59 Å². The van der Waals surface area contributed by atoms with E-state index in [4.69, 9.17) is 11.6 Å². The van der Waals surface area contributed by atoms with Gasteiger partial charge in [0.15, 0.2) is 0 Å². The number of carbonyl (C=O) groups excluding carboxylic acids is 2.